The van der Waals surface area contributed by atoms with Crippen LogP contribution in [0.15, 0.2) is 12.2 Å². The van der Waals surface area contributed by atoms with Gasteiger partial charge in [0.05, 0.1) is 53.7 Å². The van der Waals surface area contributed by atoms with E-state index in [-0.39, 0.29) is 41.8 Å². The number of aliphatic hydroxyl groups is 3. The van der Waals surface area contributed by atoms with Crippen LogP contribution in [0.4, 0.5) is 0 Å². The minimum absolute atomic E-state index is 0.0137. The lowest BCUT2D eigenvalue weighted by atomic mass is 9.72. The number of rotatable bonds is 12. The first-order chi connectivity index (χ1) is 24.8. The Morgan fingerprint density at radius 2 is 1.57 bits per heavy atom. The number of carboxylic acids is 1. The third-order valence-corrected chi connectivity index (χ3v) is 14.4. The van der Waals surface area contributed by atoms with Crippen LogP contribution in [0.1, 0.15) is 133 Å². The van der Waals surface area contributed by atoms with Gasteiger partial charge in [-0.05, 0) is 95.6 Å². The summed E-state index contributed by atoms with van der Waals surface area (Å²) in [5.74, 6) is -5.78. The standard InChI is InChI=1S/C42H70O11/c1-11-29(38(46)47)31-15-14-23(4)36(50-31)27(8)34(44)26(7)35(45)30(12-2)37-24(5)22-25(6)41(51-37)19-16-32(43)42(53-41)21-20-39(10,52-42)33-17-18-40(48,13-3)28(9)49-33/h16,19,23-34,36-37,43-44,48H,11-15,17-18,20-22H2,1-10H3,(H,46,47)/t23?,24?,25?,26?,27?,28?,29?,30?,31?,32?,33?,34?,36?,37?,39-,40+,41?,42-/m1/s1. The second kappa shape index (κ2) is 16.2. The molecule has 5 rings (SSSR count). The van der Waals surface area contributed by atoms with Crippen LogP contribution in [-0.4, -0.2) is 97.7 Å². The molecule has 0 amide bonds. The van der Waals surface area contributed by atoms with Gasteiger partial charge in [0.25, 0.3) is 0 Å². The highest BCUT2D eigenvalue weighted by Crippen LogP contribution is 2.54. The number of Topliss-reactive ketones (excluding diaryl/α,β-unsaturated/α-hetero) is 1. The van der Waals surface area contributed by atoms with Crippen LogP contribution >= 0.6 is 0 Å². The van der Waals surface area contributed by atoms with Gasteiger partial charge in [-0.1, -0.05) is 55.4 Å². The molecule has 11 nitrogen and oxygen atoms in total. The predicted molar refractivity (Wildman–Crippen MR) is 199 cm³/mol. The van der Waals surface area contributed by atoms with Crippen LogP contribution in [-0.2, 0) is 33.3 Å². The summed E-state index contributed by atoms with van der Waals surface area (Å²) in [7, 11) is 0. The fourth-order valence-electron chi connectivity index (χ4n) is 10.5. The molecule has 0 saturated carbocycles. The molecule has 5 aliphatic heterocycles. The molecule has 5 aliphatic rings. The zero-order valence-electron chi connectivity index (χ0n) is 34.0. The van der Waals surface area contributed by atoms with Gasteiger partial charge in [0, 0.05) is 30.1 Å². The van der Waals surface area contributed by atoms with E-state index in [1.165, 1.54) is 0 Å². The first-order valence-electron chi connectivity index (χ1n) is 20.7. The van der Waals surface area contributed by atoms with Crippen LogP contribution < -0.4 is 0 Å². The molecule has 5 heterocycles. The van der Waals surface area contributed by atoms with Crippen molar-refractivity contribution in [1.82, 2.24) is 0 Å². The highest BCUT2D eigenvalue weighted by Gasteiger charge is 2.63. The van der Waals surface area contributed by atoms with E-state index in [0.29, 0.717) is 57.8 Å². The first kappa shape index (κ1) is 42.7. The minimum Gasteiger partial charge on any atom is -0.481 e. The van der Waals surface area contributed by atoms with Crippen molar-refractivity contribution in [2.24, 2.45) is 41.4 Å². The zero-order valence-corrected chi connectivity index (χ0v) is 34.0. The van der Waals surface area contributed by atoms with E-state index in [0.717, 1.165) is 6.42 Å². The second-order valence-electron chi connectivity index (χ2n) is 17.9. The highest BCUT2D eigenvalue weighted by molar-refractivity contribution is 5.84. The molecule has 11 heteroatoms. The van der Waals surface area contributed by atoms with Crippen LogP contribution in [0.2, 0.25) is 0 Å². The SMILES string of the molecule is CCC(C(=O)O)C1CCC(C)C(C(C)C(O)C(C)C(=O)C(CC)C2OC3(C=CC(O)[C@@]4(CC[C@](C)(C5CC[C@@](O)(CC)C(C)O5)O4)O3)C(C)CC2C)O1. The van der Waals surface area contributed by atoms with E-state index in [2.05, 4.69) is 20.8 Å². The number of hydrogen-bond donors (Lipinski definition) is 4. The van der Waals surface area contributed by atoms with Crippen LogP contribution in [0.5, 0.6) is 0 Å². The minimum atomic E-state index is -1.37. The van der Waals surface area contributed by atoms with Crippen LogP contribution in [0.25, 0.3) is 0 Å². The Kier molecular flexibility index (Phi) is 13.0. The number of hydrogen-bond acceptors (Lipinski definition) is 10. The van der Waals surface area contributed by atoms with Crippen molar-refractivity contribution < 1.29 is 53.7 Å². The van der Waals surface area contributed by atoms with Gasteiger partial charge in [-0.2, -0.15) is 0 Å². The third kappa shape index (κ3) is 7.94. The Hall–Kier alpha value is -1.44. The Bertz CT molecular complexity index is 1320. The summed E-state index contributed by atoms with van der Waals surface area (Å²) in [5.41, 5.74) is -1.63. The maximum Gasteiger partial charge on any atom is 0.309 e. The molecule has 0 aromatic heterocycles. The molecule has 15 unspecified atom stereocenters. The van der Waals surface area contributed by atoms with Crippen molar-refractivity contribution in [2.75, 3.05) is 0 Å². The average Bonchev–Trinajstić information content (AvgIpc) is 3.47. The number of carboxylic acid groups (broad SMARTS) is 1. The second-order valence-corrected chi connectivity index (χ2v) is 17.9. The molecular formula is C42H70O11. The molecular weight excluding hydrogens is 680 g/mol. The summed E-state index contributed by atoms with van der Waals surface area (Å²) in [6.45, 7) is 19.6. The normalized spacial score (nSPS) is 46.2. The lowest BCUT2D eigenvalue weighted by Gasteiger charge is -2.54. The van der Waals surface area contributed by atoms with E-state index < -0.39 is 76.8 Å². The molecule has 18 atom stereocenters. The largest absolute Gasteiger partial charge is 0.481 e. The number of aliphatic hydroxyl groups excluding tert-OH is 2. The number of carbonyl (C=O) groups excluding carboxylic acids is 1. The third-order valence-electron chi connectivity index (χ3n) is 14.4. The van der Waals surface area contributed by atoms with Gasteiger partial charge >= 0.3 is 5.97 Å². The van der Waals surface area contributed by atoms with Gasteiger partial charge in [-0.3, -0.25) is 9.59 Å². The molecule has 0 radical (unpaired) electrons. The fraction of sp³-hybridized carbons (Fsp3) is 0.905. The number of ether oxygens (including phenoxy) is 5. The molecule has 53 heavy (non-hydrogen) atoms. The number of carbonyl (C=O) groups is 2. The van der Waals surface area contributed by atoms with Gasteiger partial charge in [0.2, 0.25) is 5.79 Å². The quantitative estimate of drug-likeness (QED) is 0.169. The van der Waals surface area contributed by atoms with Gasteiger partial charge in [0.15, 0.2) is 5.79 Å². The van der Waals surface area contributed by atoms with Crippen LogP contribution in [0, 0.1) is 41.4 Å². The topological polar surface area (TPSA) is 161 Å². The highest BCUT2D eigenvalue weighted by atomic mass is 16.8. The maximum absolute atomic E-state index is 14.4. The van der Waals surface area contributed by atoms with Gasteiger partial charge in [0.1, 0.15) is 11.9 Å². The molecule has 0 aliphatic carbocycles. The molecule has 304 valence electrons. The molecule has 4 saturated heterocycles. The van der Waals surface area contributed by atoms with E-state index >= 15 is 0 Å². The molecule has 0 bridgehead atoms. The Morgan fingerprint density at radius 1 is 0.887 bits per heavy atom. The number of aliphatic carboxylic acids is 1. The Balaban J connectivity index is 1.31. The van der Waals surface area contributed by atoms with Crippen molar-refractivity contribution in [3.05, 3.63) is 12.2 Å². The van der Waals surface area contributed by atoms with Crippen molar-refractivity contribution in [3.8, 4) is 0 Å². The summed E-state index contributed by atoms with van der Waals surface area (Å²) < 4.78 is 33.5. The van der Waals surface area contributed by atoms with Crippen molar-refractivity contribution in [2.45, 2.75) is 199 Å². The summed E-state index contributed by atoms with van der Waals surface area (Å²) in [6, 6.07) is 0. The summed E-state index contributed by atoms with van der Waals surface area (Å²) in [5, 5.41) is 44.0. The zero-order chi connectivity index (χ0) is 39.3. The summed E-state index contributed by atoms with van der Waals surface area (Å²) in [6.07, 6.45) is 5.51. The molecule has 4 N–H and O–H groups in total. The lowest BCUT2D eigenvalue weighted by molar-refractivity contribution is -0.409. The van der Waals surface area contributed by atoms with Crippen LogP contribution in [0.3, 0.4) is 0 Å². The van der Waals surface area contributed by atoms with E-state index in [9.17, 15) is 30.0 Å². The van der Waals surface area contributed by atoms with Crippen molar-refractivity contribution in [1.29, 1.82) is 0 Å². The molecule has 2 spiro atoms. The van der Waals surface area contributed by atoms with Gasteiger partial charge < -0.3 is 44.1 Å². The smallest absolute Gasteiger partial charge is 0.309 e. The van der Waals surface area contributed by atoms with E-state index in [1.807, 2.05) is 41.5 Å². The van der Waals surface area contributed by atoms with Gasteiger partial charge in [-0.25, -0.2) is 0 Å². The van der Waals surface area contributed by atoms with E-state index in [1.54, 1.807) is 19.1 Å². The molecule has 4 fully saturated rings. The molecule has 0 aromatic carbocycles. The summed E-state index contributed by atoms with van der Waals surface area (Å²) in [4.78, 5) is 26.4. The van der Waals surface area contributed by atoms with Crippen molar-refractivity contribution in [3.63, 3.8) is 0 Å². The number of ketones is 1. The van der Waals surface area contributed by atoms with E-state index in [4.69, 9.17) is 23.7 Å². The Labute approximate surface area is 317 Å². The summed E-state index contributed by atoms with van der Waals surface area (Å²) >= 11 is 0. The first-order valence-corrected chi connectivity index (χ1v) is 20.7. The average molecular weight is 751 g/mol. The van der Waals surface area contributed by atoms with Crippen molar-refractivity contribution >= 4 is 11.8 Å². The van der Waals surface area contributed by atoms with Gasteiger partial charge in [-0.15, -0.1) is 0 Å². The monoisotopic (exact) mass is 750 g/mol. The Morgan fingerprint density at radius 3 is 2.17 bits per heavy atom. The fourth-order valence-corrected chi connectivity index (χ4v) is 10.5. The lowest BCUT2D eigenvalue weighted by Crippen LogP contribution is -2.63. The molecule has 0 aromatic rings. The predicted octanol–water partition coefficient (Wildman–Crippen LogP) is 6.19. The maximum atomic E-state index is 14.4.